The Kier molecular flexibility index (Phi) is 5.15. The molecule has 0 aromatic carbocycles. The molecule has 0 bridgehead atoms. The van der Waals surface area contributed by atoms with Crippen molar-refractivity contribution in [2.75, 3.05) is 45.8 Å². The Morgan fingerprint density at radius 2 is 2.00 bits per heavy atom. The van der Waals surface area contributed by atoms with Gasteiger partial charge in [-0.05, 0) is 25.8 Å². The highest BCUT2D eigenvalue weighted by atomic mass is 16.2. The van der Waals surface area contributed by atoms with Crippen molar-refractivity contribution in [1.82, 2.24) is 15.1 Å². The molecule has 2 saturated heterocycles. The van der Waals surface area contributed by atoms with E-state index in [1.165, 1.54) is 0 Å². The zero-order valence-electron chi connectivity index (χ0n) is 11.4. The Labute approximate surface area is 114 Å². The number of primary amides is 1. The van der Waals surface area contributed by atoms with Gasteiger partial charge in [0.15, 0.2) is 0 Å². The first-order valence-electron chi connectivity index (χ1n) is 7.17. The van der Waals surface area contributed by atoms with E-state index in [-0.39, 0.29) is 17.7 Å². The van der Waals surface area contributed by atoms with E-state index >= 15 is 0 Å². The third-order valence-electron chi connectivity index (χ3n) is 3.93. The monoisotopic (exact) mass is 268 g/mol. The standard InChI is InChI=1S/C13H24N4O2/c14-12(18)10-16-5-2-6-17(8-7-16)13(19)11-3-1-4-15-9-11/h11,15H,1-10H2,(H2,14,18). The predicted molar refractivity (Wildman–Crippen MR) is 72.4 cm³/mol. The summed E-state index contributed by atoms with van der Waals surface area (Å²) >= 11 is 0. The molecule has 3 N–H and O–H groups in total. The molecule has 2 rings (SSSR count). The number of nitrogens with one attached hydrogen (secondary N) is 1. The lowest BCUT2D eigenvalue weighted by Gasteiger charge is -2.28. The summed E-state index contributed by atoms with van der Waals surface area (Å²) in [6.45, 7) is 5.22. The van der Waals surface area contributed by atoms with Gasteiger partial charge in [0.05, 0.1) is 12.5 Å². The number of rotatable bonds is 3. The van der Waals surface area contributed by atoms with Crippen LogP contribution in [0.4, 0.5) is 0 Å². The van der Waals surface area contributed by atoms with Crippen molar-refractivity contribution in [3.8, 4) is 0 Å². The van der Waals surface area contributed by atoms with Gasteiger partial charge in [-0.2, -0.15) is 0 Å². The average molecular weight is 268 g/mol. The summed E-state index contributed by atoms with van der Waals surface area (Å²) in [6.07, 6.45) is 2.99. The highest BCUT2D eigenvalue weighted by Gasteiger charge is 2.27. The minimum absolute atomic E-state index is 0.136. The highest BCUT2D eigenvalue weighted by Crippen LogP contribution is 2.15. The second kappa shape index (κ2) is 6.86. The first kappa shape index (κ1) is 14.3. The van der Waals surface area contributed by atoms with Gasteiger partial charge in [-0.3, -0.25) is 14.5 Å². The molecular formula is C13H24N4O2. The Balaban J connectivity index is 1.84. The topological polar surface area (TPSA) is 78.7 Å². The Morgan fingerprint density at radius 1 is 1.16 bits per heavy atom. The molecule has 0 aliphatic carbocycles. The van der Waals surface area contributed by atoms with E-state index in [0.29, 0.717) is 13.1 Å². The number of carbonyl (C=O) groups excluding carboxylic acids is 2. The fourth-order valence-corrected chi connectivity index (χ4v) is 2.89. The summed E-state index contributed by atoms with van der Waals surface area (Å²) in [5.74, 6) is 0.112. The highest BCUT2D eigenvalue weighted by molar-refractivity contribution is 5.79. The van der Waals surface area contributed by atoms with E-state index in [9.17, 15) is 9.59 Å². The second-order valence-corrected chi connectivity index (χ2v) is 5.46. The quantitative estimate of drug-likeness (QED) is 0.688. The van der Waals surface area contributed by atoms with E-state index < -0.39 is 0 Å². The maximum Gasteiger partial charge on any atom is 0.231 e. The van der Waals surface area contributed by atoms with Gasteiger partial charge in [0, 0.05) is 32.7 Å². The van der Waals surface area contributed by atoms with Crippen molar-refractivity contribution in [3.63, 3.8) is 0 Å². The van der Waals surface area contributed by atoms with E-state index in [1.807, 2.05) is 9.80 Å². The lowest BCUT2D eigenvalue weighted by molar-refractivity contribution is -0.135. The number of carbonyl (C=O) groups is 2. The lowest BCUT2D eigenvalue weighted by atomic mass is 9.98. The van der Waals surface area contributed by atoms with E-state index in [4.69, 9.17) is 5.73 Å². The summed E-state index contributed by atoms with van der Waals surface area (Å²) in [6, 6.07) is 0. The molecule has 0 spiro atoms. The molecule has 19 heavy (non-hydrogen) atoms. The number of nitrogens with zero attached hydrogens (tertiary/aromatic N) is 2. The molecule has 6 heteroatoms. The summed E-state index contributed by atoms with van der Waals surface area (Å²) in [4.78, 5) is 27.3. The number of hydrogen-bond acceptors (Lipinski definition) is 4. The van der Waals surface area contributed by atoms with Crippen LogP contribution in [0.3, 0.4) is 0 Å². The van der Waals surface area contributed by atoms with E-state index in [2.05, 4.69) is 5.32 Å². The lowest BCUT2D eigenvalue weighted by Crippen LogP contribution is -2.44. The first-order valence-corrected chi connectivity index (χ1v) is 7.17. The fourth-order valence-electron chi connectivity index (χ4n) is 2.89. The average Bonchev–Trinajstić information content (AvgIpc) is 2.64. The van der Waals surface area contributed by atoms with Crippen LogP contribution in [0, 0.1) is 5.92 Å². The van der Waals surface area contributed by atoms with Crippen LogP contribution < -0.4 is 11.1 Å². The molecule has 2 heterocycles. The fraction of sp³-hybridized carbons (Fsp3) is 0.846. The zero-order valence-corrected chi connectivity index (χ0v) is 11.4. The predicted octanol–water partition coefficient (Wildman–Crippen LogP) is -0.994. The van der Waals surface area contributed by atoms with Gasteiger partial charge < -0.3 is 16.0 Å². The van der Waals surface area contributed by atoms with E-state index in [1.54, 1.807) is 0 Å². The molecule has 2 amide bonds. The van der Waals surface area contributed by atoms with Gasteiger partial charge in [0.1, 0.15) is 0 Å². The molecule has 2 aliphatic heterocycles. The van der Waals surface area contributed by atoms with Crippen LogP contribution in [0.5, 0.6) is 0 Å². The van der Waals surface area contributed by atoms with Gasteiger partial charge in [-0.25, -0.2) is 0 Å². The van der Waals surface area contributed by atoms with Crippen molar-refractivity contribution in [2.45, 2.75) is 19.3 Å². The van der Waals surface area contributed by atoms with Crippen LogP contribution in [0.1, 0.15) is 19.3 Å². The smallest absolute Gasteiger partial charge is 0.231 e. The van der Waals surface area contributed by atoms with Crippen LogP contribution >= 0.6 is 0 Å². The van der Waals surface area contributed by atoms with Crippen molar-refractivity contribution in [2.24, 2.45) is 11.7 Å². The Morgan fingerprint density at radius 3 is 2.68 bits per heavy atom. The van der Waals surface area contributed by atoms with Gasteiger partial charge in [0.2, 0.25) is 11.8 Å². The molecule has 6 nitrogen and oxygen atoms in total. The molecule has 2 aliphatic rings. The van der Waals surface area contributed by atoms with Gasteiger partial charge in [-0.1, -0.05) is 0 Å². The van der Waals surface area contributed by atoms with Crippen LogP contribution in [0.15, 0.2) is 0 Å². The number of amides is 2. The third-order valence-corrected chi connectivity index (χ3v) is 3.93. The van der Waals surface area contributed by atoms with Crippen molar-refractivity contribution < 1.29 is 9.59 Å². The van der Waals surface area contributed by atoms with Crippen LogP contribution in [-0.4, -0.2) is 67.4 Å². The van der Waals surface area contributed by atoms with Crippen molar-refractivity contribution in [3.05, 3.63) is 0 Å². The first-order chi connectivity index (χ1) is 9.16. The van der Waals surface area contributed by atoms with Crippen LogP contribution in [0.2, 0.25) is 0 Å². The molecule has 1 atom stereocenters. The van der Waals surface area contributed by atoms with Crippen LogP contribution in [0.25, 0.3) is 0 Å². The van der Waals surface area contributed by atoms with Crippen molar-refractivity contribution in [1.29, 1.82) is 0 Å². The maximum atomic E-state index is 12.4. The molecule has 1 unspecified atom stereocenters. The summed E-state index contributed by atoms with van der Waals surface area (Å²) in [5, 5.41) is 3.29. The van der Waals surface area contributed by atoms with Crippen LogP contribution in [-0.2, 0) is 9.59 Å². The molecule has 0 radical (unpaired) electrons. The molecule has 2 fully saturated rings. The summed E-state index contributed by atoms with van der Waals surface area (Å²) in [5.41, 5.74) is 5.22. The molecular weight excluding hydrogens is 244 g/mol. The number of hydrogen-bond donors (Lipinski definition) is 2. The zero-order chi connectivity index (χ0) is 13.7. The second-order valence-electron chi connectivity index (χ2n) is 5.46. The van der Waals surface area contributed by atoms with Crippen molar-refractivity contribution >= 4 is 11.8 Å². The minimum atomic E-state index is -0.295. The van der Waals surface area contributed by atoms with E-state index in [0.717, 1.165) is 52.0 Å². The van der Waals surface area contributed by atoms with Gasteiger partial charge in [0.25, 0.3) is 0 Å². The van der Waals surface area contributed by atoms with Gasteiger partial charge in [-0.15, -0.1) is 0 Å². The largest absolute Gasteiger partial charge is 0.369 e. The minimum Gasteiger partial charge on any atom is -0.369 e. The Bertz CT molecular complexity index is 329. The Hall–Kier alpha value is -1.14. The summed E-state index contributed by atoms with van der Waals surface area (Å²) in [7, 11) is 0. The number of piperidine rings is 1. The normalized spacial score (nSPS) is 25.9. The summed E-state index contributed by atoms with van der Waals surface area (Å²) < 4.78 is 0. The van der Waals surface area contributed by atoms with Gasteiger partial charge >= 0.3 is 0 Å². The molecule has 0 aromatic rings. The maximum absolute atomic E-state index is 12.4. The molecule has 0 aromatic heterocycles. The number of nitrogens with two attached hydrogens (primary N) is 1. The SMILES string of the molecule is NC(=O)CN1CCCN(C(=O)C2CCCNC2)CC1. The molecule has 0 saturated carbocycles. The molecule has 108 valence electrons. The third kappa shape index (κ3) is 4.18.